The lowest BCUT2D eigenvalue weighted by Crippen LogP contribution is -2.13. The Bertz CT molecular complexity index is 483. The van der Waals surface area contributed by atoms with E-state index < -0.39 is 5.97 Å². The number of hydrogen-bond acceptors (Lipinski definition) is 3. The normalized spacial score (nSPS) is 10.1. The fourth-order valence-corrected chi connectivity index (χ4v) is 1.76. The molecule has 0 radical (unpaired) electrons. The highest BCUT2D eigenvalue weighted by Gasteiger charge is 2.09. The third-order valence-corrected chi connectivity index (χ3v) is 2.81. The van der Waals surface area contributed by atoms with Gasteiger partial charge in [-0.1, -0.05) is 0 Å². The molecule has 0 aliphatic heterocycles. The number of aliphatic carboxylic acids is 1. The molecule has 0 fully saturated rings. The van der Waals surface area contributed by atoms with Crippen LogP contribution in [0.5, 0.6) is 5.75 Å². The van der Waals surface area contributed by atoms with Crippen molar-refractivity contribution in [3.05, 3.63) is 23.3 Å². The number of ether oxygens (including phenoxy) is 1. The maximum atomic E-state index is 11.7. The minimum Gasteiger partial charge on any atom is -0.496 e. The van der Waals surface area contributed by atoms with E-state index in [2.05, 4.69) is 5.32 Å². The Hall–Kier alpha value is -2.04. The van der Waals surface area contributed by atoms with E-state index in [1.165, 1.54) is 0 Å². The van der Waals surface area contributed by atoms with Gasteiger partial charge < -0.3 is 15.2 Å². The van der Waals surface area contributed by atoms with Gasteiger partial charge in [0.15, 0.2) is 0 Å². The van der Waals surface area contributed by atoms with Crippen LogP contribution in [0.1, 0.15) is 30.4 Å². The van der Waals surface area contributed by atoms with Gasteiger partial charge in [0, 0.05) is 18.5 Å². The summed E-state index contributed by atoms with van der Waals surface area (Å²) in [6.07, 6.45) is 0.556. The first-order valence-corrected chi connectivity index (χ1v) is 6.11. The SMILES string of the molecule is COc1cc(C)c(NC(=O)CCCC(=O)O)cc1C. The van der Waals surface area contributed by atoms with Crippen LogP contribution >= 0.6 is 0 Å². The van der Waals surface area contributed by atoms with E-state index in [1.807, 2.05) is 26.0 Å². The summed E-state index contributed by atoms with van der Waals surface area (Å²) in [4.78, 5) is 22.0. The van der Waals surface area contributed by atoms with Gasteiger partial charge in [0.05, 0.1) is 7.11 Å². The van der Waals surface area contributed by atoms with Gasteiger partial charge in [-0.3, -0.25) is 9.59 Å². The molecule has 1 amide bonds. The molecule has 0 aliphatic carbocycles. The second-order valence-corrected chi connectivity index (χ2v) is 4.43. The number of carbonyl (C=O) groups excluding carboxylic acids is 1. The molecule has 0 aliphatic rings. The molecule has 5 heteroatoms. The zero-order valence-corrected chi connectivity index (χ0v) is 11.4. The molecular weight excluding hydrogens is 246 g/mol. The van der Waals surface area contributed by atoms with E-state index in [0.29, 0.717) is 6.42 Å². The number of aryl methyl sites for hydroxylation is 2. The highest BCUT2D eigenvalue weighted by Crippen LogP contribution is 2.26. The molecule has 0 saturated carbocycles. The van der Waals surface area contributed by atoms with Gasteiger partial charge in [-0.25, -0.2) is 0 Å². The molecule has 1 aromatic rings. The van der Waals surface area contributed by atoms with Gasteiger partial charge in [-0.2, -0.15) is 0 Å². The van der Waals surface area contributed by atoms with Crippen LogP contribution in [0.4, 0.5) is 5.69 Å². The van der Waals surface area contributed by atoms with E-state index in [4.69, 9.17) is 9.84 Å². The minimum absolute atomic E-state index is 0.00798. The van der Waals surface area contributed by atoms with Crippen LogP contribution in [0.3, 0.4) is 0 Å². The monoisotopic (exact) mass is 265 g/mol. The summed E-state index contributed by atoms with van der Waals surface area (Å²) in [5.74, 6) is -0.278. The summed E-state index contributed by atoms with van der Waals surface area (Å²) in [6.45, 7) is 3.78. The van der Waals surface area contributed by atoms with Crippen molar-refractivity contribution in [3.8, 4) is 5.75 Å². The van der Waals surface area contributed by atoms with Crippen LogP contribution in [0.25, 0.3) is 0 Å². The zero-order chi connectivity index (χ0) is 14.4. The lowest BCUT2D eigenvalue weighted by molar-refractivity contribution is -0.137. The van der Waals surface area contributed by atoms with Crippen molar-refractivity contribution in [1.29, 1.82) is 0 Å². The Morgan fingerprint density at radius 3 is 2.47 bits per heavy atom. The quantitative estimate of drug-likeness (QED) is 0.828. The molecule has 0 unspecified atom stereocenters. The lowest BCUT2D eigenvalue weighted by atomic mass is 10.1. The number of carboxylic acids is 1. The minimum atomic E-state index is -0.885. The first-order chi connectivity index (χ1) is 8.93. The zero-order valence-electron chi connectivity index (χ0n) is 11.4. The maximum Gasteiger partial charge on any atom is 0.303 e. The molecule has 0 atom stereocenters. The molecule has 2 N–H and O–H groups in total. The fourth-order valence-electron chi connectivity index (χ4n) is 1.76. The van der Waals surface area contributed by atoms with Crippen LogP contribution in [-0.4, -0.2) is 24.1 Å². The Balaban J connectivity index is 2.64. The number of methoxy groups -OCH3 is 1. The number of rotatable bonds is 6. The van der Waals surface area contributed by atoms with E-state index in [0.717, 1.165) is 22.6 Å². The molecule has 0 bridgehead atoms. The van der Waals surface area contributed by atoms with Crippen molar-refractivity contribution in [1.82, 2.24) is 0 Å². The van der Waals surface area contributed by atoms with Crippen LogP contribution in [0, 0.1) is 13.8 Å². The number of carbonyl (C=O) groups is 2. The Morgan fingerprint density at radius 2 is 1.89 bits per heavy atom. The molecule has 0 aromatic heterocycles. The Labute approximate surface area is 112 Å². The van der Waals surface area contributed by atoms with E-state index in [9.17, 15) is 9.59 Å². The topological polar surface area (TPSA) is 75.6 Å². The third kappa shape index (κ3) is 4.62. The average Bonchev–Trinajstić information content (AvgIpc) is 2.32. The van der Waals surface area contributed by atoms with Crippen molar-refractivity contribution >= 4 is 17.6 Å². The molecule has 1 rings (SSSR count). The third-order valence-electron chi connectivity index (χ3n) is 2.81. The number of carboxylic acid groups (broad SMARTS) is 1. The summed E-state index contributed by atoms with van der Waals surface area (Å²) >= 11 is 0. The standard InChI is InChI=1S/C14H19NO4/c1-9-8-12(19-3)10(2)7-11(9)15-13(16)5-4-6-14(17)18/h7-8H,4-6H2,1-3H3,(H,15,16)(H,17,18). The predicted octanol–water partition coefficient (Wildman–Crippen LogP) is 2.51. The van der Waals surface area contributed by atoms with Crippen molar-refractivity contribution in [2.45, 2.75) is 33.1 Å². The summed E-state index contributed by atoms with van der Waals surface area (Å²) < 4.78 is 5.20. The number of nitrogens with one attached hydrogen (secondary N) is 1. The molecule has 104 valence electrons. The van der Waals surface area contributed by atoms with E-state index >= 15 is 0 Å². The first-order valence-electron chi connectivity index (χ1n) is 6.11. The molecule has 0 spiro atoms. The van der Waals surface area contributed by atoms with Gasteiger partial charge >= 0.3 is 5.97 Å². The average molecular weight is 265 g/mol. The smallest absolute Gasteiger partial charge is 0.303 e. The van der Waals surface area contributed by atoms with Crippen molar-refractivity contribution in [3.63, 3.8) is 0 Å². The Morgan fingerprint density at radius 1 is 1.21 bits per heavy atom. The summed E-state index contributed by atoms with van der Waals surface area (Å²) in [6, 6.07) is 3.71. The van der Waals surface area contributed by atoms with Crippen LogP contribution in [0.2, 0.25) is 0 Å². The number of hydrogen-bond donors (Lipinski definition) is 2. The number of amides is 1. The van der Waals surface area contributed by atoms with Crippen LogP contribution in [0.15, 0.2) is 12.1 Å². The number of benzene rings is 1. The highest BCUT2D eigenvalue weighted by atomic mass is 16.5. The summed E-state index contributed by atoms with van der Waals surface area (Å²) in [7, 11) is 1.60. The first kappa shape index (κ1) is 15.0. The van der Waals surface area contributed by atoms with Crippen LogP contribution < -0.4 is 10.1 Å². The molecule has 0 saturated heterocycles. The second kappa shape index (κ2) is 6.78. The fraction of sp³-hybridized carbons (Fsp3) is 0.429. The van der Waals surface area contributed by atoms with Crippen molar-refractivity contribution < 1.29 is 19.4 Å². The lowest BCUT2D eigenvalue weighted by Gasteiger charge is -2.12. The molecule has 5 nitrogen and oxygen atoms in total. The van der Waals surface area contributed by atoms with E-state index in [-0.39, 0.29) is 18.7 Å². The largest absolute Gasteiger partial charge is 0.496 e. The van der Waals surface area contributed by atoms with Gasteiger partial charge in [-0.05, 0) is 43.5 Å². The van der Waals surface area contributed by atoms with Gasteiger partial charge in [-0.15, -0.1) is 0 Å². The summed E-state index contributed by atoms with van der Waals surface area (Å²) in [5.41, 5.74) is 2.58. The highest BCUT2D eigenvalue weighted by molar-refractivity contribution is 5.91. The molecule has 1 aromatic carbocycles. The van der Waals surface area contributed by atoms with E-state index in [1.54, 1.807) is 7.11 Å². The molecule has 19 heavy (non-hydrogen) atoms. The van der Waals surface area contributed by atoms with Gasteiger partial charge in [0.25, 0.3) is 0 Å². The van der Waals surface area contributed by atoms with Gasteiger partial charge in [0.2, 0.25) is 5.91 Å². The summed E-state index contributed by atoms with van der Waals surface area (Å²) in [5, 5.41) is 11.3. The van der Waals surface area contributed by atoms with Gasteiger partial charge in [0.1, 0.15) is 5.75 Å². The second-order valence-electron chi connectivity index (χ2n) is 4.43. The van der Waals surface area contributed by atoms with Crippen LogP contribution in [-0.2, 0) is 9.59 Å². The molecule has 0 heterocycles. The van der Waals surface area contributed by atoms with Crippen molar-refractivity contribution in [2.24, 2.45) is 0 Å². The predicted molar refractivity (Wildman–Crippen MR) is 72.6 cm³/mol. The molecular formula is C14H19NO4. The maximum absolute atomic E-state index is 11.7. The Kier molecular flexibility index (Phi) is 5.36. The van der Waals surface area contributed by atoms with Crippen molar-refractivity contribution in [2.75, 3.05) is 12.4 Å². The number of anilines is 1.